The number of aliphatic hydroxyl groups is 1. The van der Waals surface area contributed by atoms with Crippen molar-refractivity contribution in [3.63, 3.8) is 0 Å². The van der Waals surface area contributed by atoms with Gasteiger partial charge in [0.2, 0.25) is 0 Å². The summed E-state index contributed by atoms with van der Waals surface area (Å²) in [6, 6.07) is 9.88. The van der Waals surface area contributed by atoms with Crippen LogP contribution in [0.5, 0.6) is 0 Å². The molecule has 0 radical (unpaired) electrons. The number of ether oxygens (including phenoxy) is 1. The summed E-state index contributed by atoms with van der Waals surface area (Å²) in [4.78, 5) is 0. The monoisotopic (exact) mass is 247 g/mol. The van der Waals surface area contributed by atoms with E-state index in [4.69, 9.17) is 11.2 Å². The van der Waals surface area contributed by atoms with Crippen molar-refractivity contribution in [2.45, 2.75) is 32.1 Å². The molecule has 3 heteroatoms. The molecule has 0 aliphatic rings. The van der Waals surface area contributed by atoms with Gasteiger partial charge >= 0.3 is 0 Å². The molecule has 0 aliphatic carbocycles. The Morgan fingerprint density at radius 2 is 2.06 bits per heavy atom. The molecule has 0 spiro atoms. The maximum atomic E-state index is 9.73. The molecule has 0 saturated heterocycles. The molecular weight excluding hydrogens is 226 g/mol. The minimum Gasteiger partial charge on any atom is -0.389 e. The smallest absolute Gasteiger partial charge is 0.0898 e. The number of nitrogens with one attached hydrogen (secondary N) is 1. The van der Waals surface area contributed by atoms with E-state index in [1.165, 1.54) is 0 Å². The van der Waals surface area contributed by atoms with Gasteiger partial charge in [-0.25, -0.2) is 0 Å². The van der Waals surface area contributed by atoms with Gasteiger partial charge in [0.15, 0.2) is 0 Å². The Balaban J connectivity index is 2.18. The Labute approximate surface area is 109 Å². The fourth-order valence-corrected chi connectivity index (χ4v) is 1.37. The average molecular weight is 247 g/mol. The predicted octanol–water partition coefficient (Wildman–Crippen LogP) is 1.57. The molecule has 0 aromatic heterocycles. The molecule has 1 atom stereocenters. The van der Waals surface area contributed by atoms with E-state index in [9.17, 15) is 5.11 Å². The van der Waals surface area contributed by atoms with Gasteiger partial charge in [-0.1, -0.05) is 36.3 Å². The first-order valence-corrected chi connectivity index (χ1v) is 6.06. The van der Waals surface area contributed by atoms with Crippen molar-refractivity contribution < 1.29 is 9.84 Å². The third kappa shape index (κ3) is 5.83. The Kier molecular flexibility index (Phi) is 5.87. The van der Waals surface area contributed by atoms with E-state index < -0.39 is 11.6 Å². The summed E-state index contributed by atoms with van der Waals surface area (Å²) in [5.74, 6) is 2.62. The van der Waals surface area contributed by atoms with Gasteiger partial charge < -0.3 is 9.84 Å². The summed E-state index contributed by atoms with van der Waals surface area (Å²) in [5.41, 5.74) is 0.696. The van der Waals surface area contributed by atoms with E-state index in [0.29, 0.717) is 19.8 Å². The highest BCUT2D eigenvalue weighted by atomic mass is 16.5. The van der Waals surface area contributed by atoms with Crippen LogP contribution in [0.15, 0.2) is 30.3 Å². The fourth-order valence-electron chi connectivity index (χ4n) is 1.37. The zero-order chi connectivity index (χ0) is 13.4. The predicted molar refractivity (Wildman–Crippen MR) is 73.0 cm³/mol. The molecule has 3 nitrogen and oxygen atoms in total. The molecule has 98 valence electrons. The highest BCUT2D eigenvalue weighted by Gasteiger charge is 2.14. The van der Waals surface area contributed by atoms with Crippen LogP contribution in [0.1, 0.15) is 19.4 Å². The van der Waals surface area contributed by atoms with E-state index >= 15 is 0 Å². The number of hydrogen-bond donors (Lipinski definition) is 2. The van der Waals surface area contributed by atoms with E-state index in [2.05, 4.69) is 11.2 Å². The standard InChI is InChI=1S/C15H21NO2/c1-4-15(2,3)16-10-14(17)12-18-11-13-8-6-5-7-9-13/h1,5-9,14,16-17H,10-12H2,2-3H3. The van der Waals surface area contributed by atoms with E-state index in [-0.39, 0.29) is 0 Å². The third-order valence-electron chi connectivity index (χ3n) is 2.56. The van der Waals surface area contributed by atoms with Crippen LogP contribution in [-0.2, 0) is 11.3 Å². The Bertz CT molecular complexity index is 381. The van der Waals surface area contributed by atoms with Crippen molar-refractivity contribution in [2.24, 2.45) is 0 Å². The van der Waals surface area contributed by atoms with Gasteiger partial charge in [-0.05, 0) is 19.4 Å². The quantitative estimate of drug-likeness (QED) is 0.719. The summed E-state index contributed by atoms with van der Waals surface area (Å²) in [6.45, 7) is 5.01. The molecular formula is C15H21NO2. The number of benzene rings is 1. The SMILES string of the molecule is C#CC(C)(C)NCC(O)COCc1ccccc1. The third-order valence-corrected chi connectivity index (χ3v) is 2.56. The maximum Gasteiger partial charge on any atom is 0.0898 e. The van der Waals surface area contributed by atoms with Crippen LogP contribution in [0, 0.1) is 12.3 Å². The first-order chi connectivity index (χ1) is 8.53. The lowest BCUT2D eigenvalue weighted by molar-refractivity contribution is 0.0270. The average Bonchev–Trinajstić information content (AvgIpc) is 2.38. The van der Waals surface area contributed by atoms with Gasteiger partial charge in [-0.15, -0.1) is 6.42 Å². The molecule has 1 aromatic rings. The van der Waals surface area contributed by atoms with Gasteiger partial charge in [0.05, 0.1) is 24.9 Å². The number of rotatable bonds is 7. The molecule has 0 fully saturated rings. The molecule has 0 bridgehead atoms. The van der Waals surface area contributed by atoms with Gasteiger partial charge in [0, 0.05) is 6.54 Å². The van der Waals surface area contributed by atoms with Crippen molar-refractivity contribution in [3.8, 4) is 12.3 Å². The summed E-state index contributed by atoms with van der Waals surface area (Å²) in [5, 5.41) is 12.8. The first kappa shape index (κ1) is 14.7. The van der Waals surface area contributed by atoms with Crippen LogP contribution in [-0.4, -0.2) is 29.9 Å². The van der Waals surface area contributed by atoms with Crippen LogP contribution < -0.4 is 5.32 Å². The molecule has 2 N–H and O–H groups in total. The summed E-state index contributed by atoms with van der Waals surface area (Å²) < 4.78 is 5.44. The summed E-state index contributed by atoms with van der Waals surface area (Å²) in [6.07, 6.45) is 4.79. The van der Waals surface area contributed by atoms with Gasteiger partial charge in [0.1, 0.15) is 0 Å². The highest BCUT2D eigenvalue weighted by molar-refractivity contribution is 5.13. The topological polar surface area (TPSA) is 41.5 Å². The van der Waals surface area contributed by atoms with Crippen molar-refractivity contribution in [2.75, 3.05) is 13.2 Å². The molecule has 1 rings (SSSR count). The minimum atomic E-state index is -0.554. The van der Waals surface area contributed by atoms with Crippen molar-refractivity contribution >= 4 is 0 Å². The fraction of sp³-hybridized carbons (Fsp3) is 0.467. The van der Waals surface area contributed by atoms with Crippen LogP contribution in [0.4, 0.5) is 0 Å². The van der Waals surface area contributed by atoms with Crippen molar-refractivity contribution in [3.05, 3.63) is 35.9 Å². The molecule has 0 heterocycles. The lowest BCUT2D eigenvalue weighted by atomic mass is 10.1. The molecule has 0 saturated carbocycles. The molecule has 0 amide bonds. The molecule has 0 aliphatic heterocycles. The first-order valence-electron chi connectivity index (χ1n) is 6.06. The lowest BCUT2D eigenvalue weighted by Crippen LogP contribution is -2.43. The molecule has 1 aromatic carbocycles. The van der Waals surface area contributed by atoms with Gasteiger partial charge in [-0.3, -0.25) is 5.32 Å². The Morgan fingerprint density at radius 1 is 1.39 bits per heavy atom. The Hall–Kier alpha value is -1.34. The van der Waals surface area contributed by atoms with E-state index in [1.807, 2.05) is 44.2 Å². The van der Waals surface area contributed by atoms with E-state index in [1.54, 1.807) is 0 Å². The minimum absolute atomic E-state index is 0.294. The maximum absolute atomic E-state index is 9.73. The molecule has 18 heavy (non-hydrogen) atoms. The number of hydrogen-bond acceptors (Lipinski definition) is 3. The highest BCUT2D eigenvalue weighted by Crippen LogP contribution is 2.02. The van der Waals surface area contributed by atoms with Crippen molar-refractivity contribution in [1.29, 1.82) is 0 Å². The second kappa shape index (κ2) is 7.17. The normalized spacial score (nSPS) is 13.0. The summed E-state index contributed by atoms with van der Waals surface area (Å²) in [7, 11) is 0. The largest absolute Gasteiger partial charge is 0.389 e. The van der Waals surface area contributed by atoms with Crippen LogP contribution >= 0.6 is 0 Å². The number of β-amino-alcohol motifs (C(OH)–C–C–N with tert-alkyl or cyclic N) is 1. The zero-order valence-corrected chi connectivity index (χ0v) is 11.0. The second-order valence-corrected chi connectivity index (χ2v) is 4.80. The number of terminal acetylenes is 1. The van der Waals surface area contributed by atoms with Crippen LogP contribution in [0.3, 0.4) is 0 Å². The zero-order valence-electron chi connectivity index (χ0n) is 11.0. The number of aliphatic hydroxyl groups excluding tert-OH is 1. The lowest BCUT2D eigenvalue weighted by Gasteiger charge is -2.21. The van der Waals surface area contributed by atoms with Gasteiger partial charge in [0.25, 0.3) is 0 Å². The van der Waals surface area contributed by atoms with Crippen LogP contribution in [0.25, 0.3) is 0 Å². The van der Waals surface area contributed by atoms with E-state index in [0.717, 1.165) is 5.56 Å². The summed E-state index contributed by atoms with van der Waals surface area (Å²) >= 11 is 0. The Morgan fingerprint density at radius 3 is 2.67 bits per heavy atom. The van der Waals surface area contributed by atoms with Crippen LogP contribution in [0.2, 0.25) is 0 Å². The molecule has 1 unspecified atom stereocenters. The van der Waals surface area contributed by atoms with Gasteiger partial charge in [-0.2, -0.15) is 0 Å². The second-order valence-electron chi connectivity index (χ2n) is 4.80. The van der Waals surface area contributed by atoms with Crippen molar-refractivity contribution in [1.82, 2.24) is 5.32 Å².